The van der Waals surface area contributed by atoms with Crippen LogP contribution in [0.1, 0.15) is 47.5 Å². The summed E-state index contributed by atoms with van der Waals surface area (Å²) in [6, 6.07) is 0. The minimum absolute atomic E-state index is 0.0310. The van der Waals surface area contributed by atoms with Crippen molar-refractivity contribution in [2.24, 2.45) is 0 Å². The summed E-state index contributed by atoms with van der Waals surface area (Å²) in [4.78, 5) is 11.3. The van der Waals surface area contributed by atoms with E-state index >= 15 is 0 Å². The highest BCUT2D eigenvalue weighted by molar-refractivity contribution is 5.86. The number of carbonyl (C=O) groups is 1. The molecule has 0 bridgehead atoms. The summed E-state index contributed by atoms with van der Waals surface area (Å²) in [6.45, 7) is 15.1. The molecule has 130 valence electrons. The van der Waals surface area contributed by atoms with Crippen LogP contribution in [0.3, 0.4) is 0 Å². The van der Waals surface area contributed by atoms with Gasteiger partial charge in [-0.2, -0.15) is 0 Å². The van der Waals surface area contributed by atoms with Crippen molar-refractivity contribution in [3.05, 3.63) is 12.2 Å². The third-order valence-electron chi connectivity index (χ3n) is 2.93. The minimum Gasteiger partial charge on any atom is -0.460 e. The van der Waals surface area contributed by atoms with Gasteiger partial charge in [-0.05, 0) is 34.1 Å². The second-order valence-corrected chi connectivity index (χ2v) is 5.70. The molecule has 0 aromatic heterocycles. The summed E-state index contributed by atoms with van der Waals surface area (Å²) in [5, 5.41) is 0. The van der Waals surface area contributed by atoms with E-state index in [2.05, 4.69) is 13.5 Å². The lowest BCUT2D eigenvalue weighted by Crippen LogP contribution is -2.27. The van der Waals surface area contributed by atoms with E-state index in [9.17, 15) is 4.79 Å². The second-order valence-electron chi connectivity index (χ2n) is 5.70. The molecular weight excluding hydrogens is 284 g/mol. The Hall–Kier alpha value is -0.910. The number of carbonyl (C=O) groups excluding carboxylic acids is 1. The maximum atomic E-state index is 11.3. The van der Waals surface area contributed by atoms with Crippen LogP contribution < -0.4 is 0 Å². The quantitative estimate of drug-likeness (QED) is 0.297. The fraction of sp³-hybridized carbons (Fsp3) is 0.824. The van der Waals surface area contributed by atoms with Gasteiger partial charge >= 0.3 is 5.97 Å². The van der Waals surface area contributed by atoms with Crippen molar-refractivity contribution in [1.82, 2.24) is 0 Å². The first-order valence-electron chi connectivity index (χ1n) is 8.04. The Morgan fingerprint density at radius 2 is 1.45 bits per heavy atom. The summed E-state index contributed by atoms with van der Waals surface area (Å²) in [5.41, 5.74) is 0.390. The number of esters is 1. The number of rotatable bonds is 13. The molecule has 0 radical (unpaired) electrons. The molecular formula is C17H32O5. The van der Waals surface area contributed by atoms with Crippen molar-refractivity contribution in [2.45, 2.75) is 65.8 Å². The standard InChI is InChI=1S/C17H32O5/c1-7-8-9-19-14(4)10-20-15(5)11-21-16(6)12-22-17(18)13(2)3/h14-16H,2,7-12H2,1,3-6H3. The van der Waals surface area contributed by atoms with Gasteiger partial charge < -0.3 is 18.9 Å². The monoisotopic (exact) mass is 316 g/mol. The lowest BCUT2D eigenvalue weighted by molar-refractivity contribution is -0.144. The Bertz CT molecular complexity index is 316. The van der Waals surface area contributed by atoms with Gasteiger partial charge in [0.25, 0.3) is 0 Å². The van der Waals surface area contributed by atoms with E-state index in [4.69, 9.17) is 18.9 Å². The van der Waals surface area contributed by atoms with E-state index in [1.807, 2.05) is 20.8 Å². The Balaban J connectivity index is 3.68. The zero-order chi connectivity index (χ0) is 17.0. The first-order valence-corrected chi connectivity index (χ1v) is 8.04. The van der Waals surface area contributed by atoms with E-state index in [1.165, 1.54) is 0 Å². The lowest BCUT2D eigenvalue weighted by Gasteiger charge is -2.20. The van der Waals surface area contributed by atoms with Gasteiger partial charge in [-0.1, -0.05) is 19.9 Å². The molecule has 0 aromatic rings. The highest BCUT2D eigenvalue weighted by Gasteiger charge is 2.11. The Kier molecular flexibility index (Phi) is 12.1. The molecule has 0 saturated carbocycles. The molecule has 0 heterocycles. The number of hydrogen-bond acceptors (Lipinski definition) is 5. The summed E-state index contributed by atoms with van der Waals surface area (Å²) < 4.78 is 21.9. The molecule has 0 aromatic carbocycles. The maximum absolute atomic E-state index is 11.3. The molecule has 0 saturated heterocycles. The van der Waals surface area contributed by atoms with Crippen molar-refractivity contribution >= 4 is 5.97 Å². The fourth-order valence-electron chi connectivity index (χ4n) is 1.49. The smallest absolute Gasteiger partial charge is 0.333 e. The molecule has 0 N–H and O–H groups in total. The van der Waals surface area contributed by atoms with E-state index in [0.29, 0.717) is 18.8 Å². The molecule has 5 heteroatoms. The van der Waals surface area contributed by atoms with Crippen LogP contribution >= 0.6 is 0 Å². The van der Waals surface area contributed by atoms with Crippen molar-refractivity contribution in [3.63, 3.8) is 0 Å². The Morgan fingerprint density at radius 1 is 0.955 bits per heavy atom. The molecule has 3 unspecified atom stereocenters. The highest BCUT2D eigenvalue weighted by atomic mass is 16.6. The zero-order valence-electron chi connectivity index (χ0n) is 14.7. The predicted octanol–water partition coefficient (Wildman–Crippen LogP) is 3.12. The summed E-state index contributed by atoms with van der Waals surface area (Å²) >= 11 is 0. The van der Waals surface area contributed by atoms with Crippen LogP contribution in [0.15, 0.2) is 12.2 Å². The molecule has 0 rings (SSSR count). The van der Waals surface area contributed by atoms with Crippen molar-refractivity contribution in [1.29, 1.82) is 0 Å². The molecule has 0 spiro atoms. The minimum atomic E-state index is -0.391. The first-order chi connectivity index (χ1) is 10.4. The third-order valence-corrected chi connectivity index (χ3v) is 2.93. The van der Waals surface area contributed by atoms with Crippen molar-refractivity contribution in [2.75, 3.05) is 26.4 Å². The fourth-order valence-corrected chi connectivity index (χ4v) is 1.49. The lowest BCUT2D eigenvalue weighted by atomic mass is 10.3. The van der Waals surface area contributed by atoms with Gasteiger partial charge in [0, 0.05) is 12.2 Å². The Labute approximate surface area is 135 Å². The van der Waals surface area contributed by atoms with E-state index in [0.717, 1.165) is 19.4 Å². The van der Waals surface area contributed by atoms with Crippen LogP contribution in [0, 0.1) is 0 Å². The van der Waals surface area contributed by atoms with Crippen LogP contribution in [-0.2, 0) is 23.7 Å². The van der Waals surface area contributed by atoms with Crippen LogP contribution in [0.2, 0.25) is 0 Å². The van der Waals surface area contributed by atoms with Gasteiger partial charge in [0.2, 0.25) is 0 Å². The van der Waals surface area contributed by atoms with Crippen molar-refractivity contribution in [3.8, 4) is 0 Å². The molecule has 0 amide bonds. The van der Waals surface area contributed by atoms with E-state index in [-0.39, 0.29) is 24.9 Å². The highest BCUT2D eigenvalue weighted by Crippen LogP contribution is 2.02. The van der Waals surface area contributed by atoms with Crippen LogP contribution in [0.5, 0.6) is 0 Å². The SMILES string of the molecule is C=C(C)C(=O)OCC(C)OCC(C)OCC(C)OCCCC. The van der Waals surface area contributed by atoms with Crippen LogP contribution in [0.4, 0.5) is 0 Å². The molecule has 0 aliphatic heterocycles. The molecule has 3 atom stereocenters. The topological polar surface area (TPSA) is 54.0 Å². The summed E-state index contributed by atoms with van der Waals surface area (Å²) in [7, 11) is 0. The average Bonchev–Trinajstić information content (AvgIpc) is 2.48. The first kappa shape index (κ1) is 21.1. The van der Waals surface area contributed by atoms with Crippen LogP contribution in [-0.4, -0.2) is 50.7 Å². The predicted molar refractivity (Wildman–Crippen MR) is 86.9 cm³/mol. The summed E-state index contributed by atoms with van der Waals surface area (Å²) in [5.74, 6) is -0.391. The number of unbranched alkanes of at least 4 members (excludes halogenated alkanes) is 1. The number of hydrogen-bond donors (Lipinski definition) is 0. The van der Waals surface area contributed by atoms with Crippen molar-refractivity contribution < 1.29 is 23.7 Å². The van der Waals surface area contributed by atoms with Gasteiger partial charge in [0.15, 0.2) is 0 Å². The van der Waals surface area contributed by atoms with Gasteiger partial charge in [-0.15, -0.1) is 0 Å². The Morgan fingerprint density at radius 3 is 1.95 bits per heavy atom. The van der Waals surface area contributed by atoms with Gasteiger partial charge in [-0.25, -0.2) is 4.79 Å². The third kappa shape index (κ3) is 11.7. The van der Waals surface area contributed by atoms with Crippen LogP contribution in [0.25, 0.3) is 0 Å². The second kappa shape index (κ2) is 12.6. The molecule has 22 heavy (non-hydrogen) atoms. The molecule has 0 fully saturated rings. The van der Waals surface area contributed by atoms with E-state index < -0.39 is 5.97 Å². The van der Waals surface area contributed by atoms with Gasteiger partial charge in [0.1, 0.15) is 6.61 Å². The average molecular weight is 316 g/mol. The largest absolute Gasteiger partial charge is 0.460 e. The van der Waals surface area contributed by atoms with Gasteiger partial charge in [0.05, 0.1) is 31.5 Å². The maximum Gasteiger partial charge on any atom is 0.333 e. The van der Waals surface area contributed by atoms with Gasteiger partial charge in [-0.3, -0.25) is 0 Å². The summed E-state index contributed by atoms with van der Waals surface area (Å²) in [6.07, 6.45) is 2.08. The molecule has 5 nitrogen and oxygen atoms in total. The zero-order valence-corrected chi connectivity index (χ0v) is 14.7. The van der Waals surface area contributed by atoms with E-state index in [1.54, 1.807) is 6.92 Å². The number of ether oxygens (including phenoxy) is 4. The molecule has 0 aliphatic rings. The molecule has 0 aliphatic carbocycles. The normalized spacial score (nSPS) is 15.1.